The lowest BCUT2D eigenvalue weighted by Crippen LogP contribution is -2.46. The van der Waals surface area contributed by atoms with E-state index < -0.39 is 24.0 Å². The lowest BCUT2D eigenvalue weighted by Gasteiger charge is -2.19. The number of nitrogens with one attached hydrogen (secondary N) is 1. The molecule has 2 aromatic rings. The Balaban J connectivity index is 1.73. The van der Waals surface area contributed by atoms with Crippen LogP contribution in [0.5, 0.6) is 5.75 Å². The monoisotopic (exact) mass is 387 g/mol. The summed E-state index contributed by atoms with van der Waals surface area (Å²) in [6.45, 7) is 3.51. The zero-order valence-corrected chi connectivity index (χ0v) is 16.1. The Kier molecular flexibility index (Phi) is 6.02. The highest BCUT2D eigenvalue weighted by Crippen LogP contribution is 2.29. The fourth-order valence-electron chi connectivity index (χ4n) is 3.55. The maximum atomic E-state index is 12.3. The van der Waals surface area contributed by atoms with Gasteiger partial charge in [0.15, 0.2) is 6.10 Å². The van der Waals surface area contributed by atoms with Crippen LogP contribution in [0.2, 0.25) is 0 Å². The van der Waals surface area contributed by atoms with E-state index in [-0.39, 0.29) is 5.63 Å². The number of hydrogen-bond donors (Lipinski definition) is 2. The lowest BCUT2D eigenvalue weighted by atomic mass is 10.1. The quantitative estimate of drug-likeness (QED) is 0.675. The molecule has 7 heteroatoms. The van der Waals surface area contributed by atoms with E-state index in [1.54, 1.807) is 19.1 Å². The summed E-state index contributed by atoms with van der Waals surface area (Å²) >= 11 is 0. The van der Waals surface area contributed by atoms with E-state index in [9.17, 15) is 19.5 Å². The molecular weight excluding hydrogens is 362 g/mol. The van der Waals surface area contributed by atoms with Crippen LogP contribution in [0.4, 0.5) is 0 Å². The molecule has 1 aromatic heterocycles. The Morgan fingerprint density at radius 1 is 1.29 bits per heavy atom. The van der Waals surface area contributed by atoms with Gasteiger partial charge >= 0.3 is 11.6 Å². The van der Waals surface area contributed by atoms with Gasteiger partial charge < -0.3 is 19.6 Å². The summed E-state index contributed by atoms with van der Waals surface area (Å²) < 4.78 is 11.1. The average molecular weight is 387 g/mol. The summed E-state index contributed by atoms with van der Waals surface area (Å²) in [6, 6.07) is 4.24. The minimum atomic E-state index is -1.06. The van der Waals surface area contributed by atoms with Crippen molar-refractivity contribution in [2.75, 3.05) is 0 Å². The SMILES string of the molecule is CCCC[C@@H](NC(=O)[C@H](C)Oc1ccc2c3c(c(=O)oc2c1)CCC3)C(=O)O. The van der Waals surface area contributed by atoms with Gasteiger partial charge in [0.1, 0.15) is 17.4 Å². The van der Waals surface area contributed by atoms with Crippen LogP contribution in [-0.4, -0.2) is 29.1 Å². The van der Waals surface area contributed by atoms with Crippen molar-refractivity contribution in [3.63, 3.8) is 0 Å². The van der Waals surface area contributed by atoms with Gasteiger partial charge in [-0.05, 0) is 50.3 Å². The molecule has 0 aliphatic heterocycles. The van der Waals surface area contributed by atoms with E-state index in [0.717, 1.165) is 42.2 Å². The third-order valence-corrected chi connectivity index (χ3v) is 5.09. The van der Waals surface area contributed by atoms with Gasteiger partial charge in [-0.15, -0.1) is 0 Å². The zero-order valence-electron chi connectivity index (χ0n) is 16.1. The standard InChI is InChI=1S/C21H25NO6/c1-3-4-8-17(20(24)25)22-19(23)12(2)27-13-9-10-15-14-6-5-7-16(14)21(26)28-18(15)11-13/h9-12,17H,3-8H2,1-2H3,(H,22,23)(H,24,25)/t12-,17+/m0/s1. The summed E-state index contributed by atoms with van der Waals surface area (Å²) in [4.78, 5) is 35.7. The van der Waals surface area contributed by atoms with Gasteiger partial charge in [-0.3, -0.25) is 4.79 Å². The first-order valence-corrected chi connectivity index (χ1v) is 9.69. The van der Waals surface area contributed by atoms with Crippen LogP contribution >= 0.6 is 0 Å². The summed E-state index contributed by atoms with van der Waals surface area (Å²) in [5.74, 6) is -1.17. The summed E-state index contributed by atoms with van der Waals surface area (Å²) in [7, 11) is 0. The third kappa shape index (κ3) is 4.18. The molecule has 3 rings (SSSR count). The van der Waals surface area contributed by atoms with Crippen molar-refractivity contribution in [3.8, 4) is 5.75 Å². The predicted octanol–water partition coefficient (Wildman–Crippen LogP) is 2.81. The highest BCUT2D eigenvalue weighted by atomic mass is 16.5. The van der Waals surface area contributed by atoms with Gasteiger partial charge in [-0.1, -0.05) is 19.8 Å². The van der Waals surface area contributed by atoms with E-state index in [0.29, 0.717) is 24.2 Å². The van der Waals surface area contributed by atoms with Gasteiger partial charge in [-0.2, -0.15) is 0 Å². The van der Waals surface area contributed by atoms with Crippen LogP contribution in [0, 0.1) is 0 Å². The first kappa shape index (κ1) is 19.9. The van der Waals surface area contributed by atoms with Crippen LogP contribution in [0.15, 0.2) is 27.4 Å². The fraction of sp³-hybridized carbons (Fsp3) is 0.476. The number of aryl methyl sites for hydroxylation is 1. The minimum absolute atomic E-state index is 0.317. The minimum Gasteiger partial charge on any atom is -0.481 e. The fourth-order valence-corrected chi connectivity index (χ4v) is 3.55. The van der Waals surface area contributed by atoms with Gasteiger partial charge in [-0.25, -0.2) is 9.59 Å². The van der Waals surface area contributed by atoms with E-state index >= 15 is 0 Å². The molecule has 0 saturated heterocycles. The molecule has 1 amide bonds. The van der Waals surface area contributed by atoms with Crippen molar-refractivity contribution in [2.24, 2.45) is 0 Å². The summed E-state index contributed by atoms with van der Waals surface area (Å²) in [5, 5.41) is 12.6. The molecule has 0 saturated carbocycles. The van der Waals surface area contributed by atoms with E-state index in [2.05, 4.69) is 5.32 Å². The van der Waals surface area contributed by atoms with Gasteiger partial charge in [0.25, 0.3) is 5.91 Å². The molecule has 2 N–H and O–H groups in total. The van der Waals surface area contributed by atoms with E-state index in [4.69, 9.17) is 9.15 Å². The molecule has 150 valence electrons. The molecule has 1 heterocycles. The highest BCUT2D eigenvalue weighted by molar-refractivity contribution is 5.86. The second kappa shape index (κ2) is 8.46. The number of amides is 1. The number of unbranched alkanes of at least 4 members (excludes halogenated alkanes) is 1. The normalized spacial score (nSPS) is 15.1. The summed E-state index contributed by atoms with van der Waals surface area (Å²) in [6.07, 6.45) is 3.57. The van der Waals surface area contributed by atoms with Crippen molar-refractivity contribution in [2.45, 2.75) is 64.5 Å². The number of rotatable bonds is 8. The molecule has 1 aliphatic carbocycles. The second-order valence-corrected chi connectivity index (χ2v) is 7.16. The molecule has 1 aliphatic rings. The maximum absolute atomic E-state index is 12.3. The number of hydrogen-bond acceptors (Lipinski definition) is 5. The number of carboxylic acids is 1. The average Bonchev–Trinajstić information content (AvgIpc) is 3.15. The van der Waals surface area contributed by atoms with Crippen molar-refractivity contribution in [1.29, 1.82) is 0 Å². The Hall–Kier alpha value is -2.83. The predicted molar refractivity (Wildman–Crippen MR) is 104 cm³/mol. The van der Waals surface area contributed by atoms with Crippen molar-refractivity contribution >= 4 is 22.8 Å². The van der Waals surface area contributed by atoms with Gasteiger partial charge in [0.05, 0.1) is 0 Å². The molecule has 0 unspecified atom stereocenters. The number of carbonyl (C=O) groups excluding carboxylic acids is 1. The van der Waals surface area contributed by atoms with E-state index in [1.807, 2.05) is 13.0 Å². The number of aliphatic carboxylic acids is 1. The molecule has 2 atom stereocenters. The maximum Gasteiger partial charge on any atom is 0.339 e. The number of benzene rings is 1. The zero-order chi connectivity index (χ0) is 20.3. The number of carbonyl (C=O) groups is 2. The van der Waals surface area contributed by atoms with Gasteiger partial charge in [0.2, 0.25) is 0 Å². The number of fused-ring (bicyclic) bond motifs is 3. The Morgan fingerprint density at radius 2 is 2.04 bits per heavy atom. The summed E-state index contributed by atoms with van der Waals surface area (Å²) in [5.41, 5.74) is 1.90. The van der Waals surface area contributed by atoms with Crippen LogP contribution in [0.1, 0.15) is 50.7 Å². The Morgan fingerprint density at radius 3 is 2.75 bits per heavy atom. The third-order valence-electron chi connectivity index (χ3n) is 5.09. The Bertz CT molecular complexity index is 948. The molecular formula is C21H25NO6. The Labute approximate surface area is 162 Å². The van der Waals surface area contributed by atoms with Crippen molar-refractivity contribution in [1.82, 2.24) is 5.32 Å². The topological polar surface area (TPSA) is 106 Å². The second-order valence-electron chi connectivity index (χ2n) is 7.16. The largest absolute Gasteiger partial charge is 0.481 e. The van der Waals surface area contributed by atoms with Crippen LogP contribution in [0.3, 0.4) is 0 Å². The highest BCUT2D eigenvalue weighted by Gasteiger charge is 2.24. The molecule has 0 bridgehead atoms. The van der Waals surface area contributed by atoms with Crippen LogP contribution in [0.25, 0.3) is 11.0 Å². The number of ether oxygens (including phenoxy) is 1. The molecule has 0 fully saturated rings. The van der Waals surface area contributed by atoms with E-state index in [1.165, 1.54) is 0 Å². The molecule has 28 heavy (non-hydrogen) atoms. The van der Waals surface area contributed by atoms with Crippen LogP contribution < -0.4 is 15.7 Å². The first-order valence-electron chi connectivity index (χ1n) is 9.69. The number of carboxylic acid groups (broad SMARTS) is 1. The van der Waals surface area contributed by atoms with Crippen molar-refractivity contribution < 1.29 is 23.8 Å². The first-order chi connectivity index (χ1) is 13.4. The molecule has 0 spiro atoms. The smallest absolute Gasteiger partial charge is 0.339 e. The molecule has 7 nitrogen and oxygen atoms in total. The van der Waals surface area contributed by atoms with Crippen molar-refractivity contribution in [3.05, 3.63) is 39.7 Å². The van der Waals surface area contributed by atoms with Crippen LogP contribution in [-0.2, 0) is 22.4 Å². The molecule has 1 aromatic carbocycles. The lowest BCUT2D eigenvalue weighted by molar-refractivity contribution is -0.143. The van der Waals surface area contributed by atoms with Gasteiger partial charge in [0, 0.05) is 17.0 Å². The molecule has 0 radical (unpaired) electrons.